The van der Waals surface area contributed by atoms with Gasteiger partial charge < -0.3 is 9.47 Å². The van der Waals surface area contributed by atoms with Crippen LogP contribution in [0.4, 0.5) is 4.39 Å². The van der Waals surface area contributed by atoms with E-state index < -0.39 is 0 Å². The first-order valence-corrected chi connectivity index (χ1v) is 9.49. The Morgan fingerprint density at radius 3 is 2.74 bits per heavy atom. The molecule has 0 saturated carbocycles. The van der Waals surface area contributed by atoms with E-state index in [1.165, 1.54) is 23.9 Å². The Morgan fingerprint density at radius 1 is 1.22 bits per heavy atom. The van der Waals surface area contributed by atoms with Crippen molar-refractivity contribution in [3.63, 3.8) is 0 Å². The molecule has 0 radical (unpaired) electrons. The molecule has 0 saturated heterocycles. The number of rotatable bonds is 7. The van der Waals surface area contributed by atoms with E-state index in [0.717, 1.165) is 0 Å². The first-order chi connectivity index (χ1) is 13.0. The molecule has 7 heteroatoms. The highest BCUT2D eigenvalue weighted by Crippen LogP contribution is 2.29. The SMILES string of the molecule is COCC(C)n1c(SCc2cc(F)ccc2OC)nc2ccccc2c1=O. The minimum Gasteiger partial charge on any atom is -0.496 e. The lowest BCUT2D eigenvalue weighted by Gasteiger charge is -2.19. The van der Waals surface area contributed by atoms with Crippen LogP contribution in [-0.4, -0.2) is 30.4 Å². The summed E-state index contributed by atoms with van der Waals surface area (Å²) in [6, 6.07) is 11.5. The van der Waals surface area contributed by atoms with Crippen molar-refractivity contribution >= 4 is 22.7 Å². The molecular formula is C20H21FN2O3S. The Balaban J connectivity index is 2.03. The number of ether oxygens (including phenoxy) is 2. The minimum absolute atomic E-state index is 0.112. The van der Waals surface area contributed by atoms with Gasteiger partial charge in [0.05, 0.1) is 30.7 Å². The first kappa shape index (κ1) is 19.4. The number of nitrogens with zero attached hydrogens (tertiary/aromatic N) is 2. The van der Waals surface area contributed by atoms with Crippen molar-refractivity contribution in [3.05, 3.63) is 64.2 Å². The van der Waals surface area contributed by atoms with Gasteiger partial charge in [0.1, 0.15) is 11.6 Å². The summed E-state index contributed by atoms with van der Waals surface area (Å²) in [6.07, 6.45) is 0. The number of benzene rings is 2. The number of thioether (sulfide) groups is 1. The zero-order valence-corrected chi connectivity index (χ0v) is 16.3. The summed E-state index contributed by atoms with van der Waals surface area (Å²) < 4.78 is 25.8. The quantitative estimate of drug-likeness (QED) is 0.452. The second-order valence-corrected chi connectivity index (χ2v) is 7.08. The van der Waals surface area contributed by atoms with Gasteiger partial charge in [0.25, 0.3) is 5.56 Å². The van der Waals surface area contributed by atoms with Gasteiger partial charge in [-0.05, 0) is 37.3 Å². The number of para-hydroxylation sites is 1. The highest BCUT2D eigenvalue weighted by molar-refractivity contribution is 7.98. The van der Waals surface area contributed by atoms with Crippen molar-refractivity contribution < 1.29 is 13.9 Å². The standard InChI is InChI=1S/C20H21FN2O3S/c1-13(11-25-2)23-19(24)16-6-4-5-7-17(16)22-20(23)27-12-14-10-15(21)8-9-18(14)26-3/h4-10,13H,11-12H2,1-3H3. The van der Waals surface area contributed by atoms with Crippen LogP contribution in [0.3, 0.4) is 0 Å². The zero-order valence-electron chi connectivity index (χ0n) is 15.4. The maximum Gasteiger partial charge on any atom is 0.262 e. The molecule has 0 fully saturated rings. The largest absolute Gasteiger partial charge is 0.496 e. The smallest absolute Gasteiger partial charge is 0.262 e. The van der Waals surface area contributed by atoms with Gasteiger partial charge in [-0.15, -0.1) is 0 Å². The van der Waals surface area contributed by atoms with Crippen LogP contribution < -0.4 is 10.3 Å². The molecule has 5 nitrogen and oxygen atoms in total. The Labute approximate surface area is 161 Å². The summed E-state index contributed by atoms with van der Waals surface area (Å²) in [5.41, 5.74) is 1.23. The van der Waals surface area contributed by atoms with Crippen LogP contribution >= 0.6 is 11.8 Å². The van der Waals surface area contributed by atoms with Crippen molar-refractivity contribution in [1.82, 2.24) is 9.55 Å². The molecule has 0 aliphatic rings. The molecule has 27 heavy (non-hydrogen) atoms. The van der Waals surface area contributed by atoms with Gasteiger partial charge >= 0.3 is 0 Å². The van der Waals surface area contributed by atoms with Crippen LogP contribution in [0.5, 0.6) is 5.75 Å². The summed E-state index contributed by atoms with van der Waals surface area (Å²) in [5, 5.41) is 1.13. The molecule has 0 amide bonds. The molecule has 0 N–H and O–H groups in total. The predicted molar refractivity (Wildman–Crippen MR) is 105 cm³/mol. The molecule has 0 aliphatic carbocycles. The fourth-order valence-electron chi connectivity index (χ4n) is 2.93. The van der Waals surface area contributed by atoms with Crippen molar-refractivity contribution in [1.29, 1.82) is 0 Å². The van der Waals surface area contributed by atoms with Gasteiger partial charge in [0, 0.05) is 18.4 Å². The Kier molecular flexibility index (Phi) is 6.13. The van der Waals surface area contributed by atoms with Crippen LogP contribution in [0.2, 0.25) is 0 Å². The highest BCUT2D eigenvalue weighted by atomic mass is 32.2. The summed E-state index contributed by atoms with van der Waals surface area (Å²) in [5.74, 6) is 0.692. The molecule has 0 spiro atoms. The number of halogens is 1. The fourth-order valence-corrected chi connectivity index (χ4v) is 4.01. The second-order valence-electron chi connectivity index (χ2n) is 6.14. The van der Waals surface area contributed by atoms with Crippen molar-refractivity contribution in [2.45, 2.75) is 23.9 Å². The van der Waals surface area contributed by atoms with E-state index >= 15 is 0 Å². The molecule has 1 aromatic heterocycles. The molecule has 3 rings (SSSR count). The molecule has 1 unspecified atom stereocenters. The fraction of sp³-hybridized carbons (Fsp3) is 0.300. The minimum atomic E-state index is -0.331. The van der Waals surface area contributed by atoms with E-state index in [0.29, 0.717) is 39.7 Å². The number of hydrogen-bond donors (Lipinski definition) is 0. The van der Waals surface area contributed by atoms with E-state index in [-0.39, 0.29) is 17.4 Å². The first-order valence-electron chi connectivity index (χ1n) is 8.50. The lowest BCUT2D eigenvalue weighted by molar-refractivity contribution is 0.156. The van der Waals surface area contributed by atoms with Gasteiger partial charge in [-0.3, -0.25) is 9.36 Å². The van der Waals surface area contributed by atoms with Crippen LogP contribution in [-0.2, 0) is 10.5 Å². The zero-order chi connectivity index (χ0) is 19.4. The number of methoxy groups -OCH3 is 2. The summed E-state index contributed by atoms with van der Waals surface area (Å²) in [7, 11) is 3.15. The molecular weight excluding hydrogens is 367 g/mol. The van der Waals surface area contributed by atoms with Gasteiger partial charge in [-0.1, -0.05) is 23.9 Å². The second kappa shape index (κ2) is 8.54. The van der Waals surface area contributed by atoms with Crippen LogP contribution in [0.25, 0.3) is 10.9 Å². The number of fused-ring (bicyclic) bond motifs is 1. The lowest BCUT2D eigenvalue weighted by atomic mass is 10.2. The predicted octanol–water partition coefficient (Wildman–Crippen LogP) is 4.04. The normalized spacial score (nSPS) is 12.3. The molecule has 2 aromatic carbocycles. The van der Waals surface area contributed by atoms with E-state index in [9.17, 15) is 9.18 Å². The Hall–Kier alpha value is -2.38. The topological polar surface area (TPSA) is 53.4 Å². The summed E-state index contributed by atoms with van der Waals surface area (Å²) >= 11 is 1.37. The maximum absolute atomic E-state index is 13.6. The van der Waals surface area contributed by atoms with E-state index in [4.69, 9.17) is 9.47 Å². The Bertz CT molecular complexity index is 1010. The Morgan fingerprint density at radius 2 is 2.00 bits per heavy atom. The van der Waals surface area contributed by atoms with E-state index in [1.54, 1.807) is 30.9 Å². The molecule has 0 aliphatic heterocycles. The molecule has 0 bridgehead atoms. The average Bonchev–Trinajstić information content (AvgIpc) is 2.66. The lowest BCUT2D eigenvalue weighted by Crippen LogP contribution is -2.28. The summed E-state index contributed by atoms with van der Waals surface area (Å²) in [4.78, 5) is 17.7. The van der Waals surface area contributed by atoms with Crippen LogP contribution in [0.15, 0.2) is 52.4 Å². The number of hydrogen-bond acceptors (Lipinski definition) is 5. The average molecular weight is 388 g/mol. The van der Waals surface area contributed by atoms with Crippen molar-refractivity contribution in [2.75, 3.05) is 20.8 Å². The van der Waals surface area contributed by atoms with Gasteiger partial charge in [0.2, 0.25) is 0 Å². The van der Waals surface area contributed by atoms with Crippen molar-refractivity contribution in [3.8, 4) is 5.75 Å². The third kappa shape index (κ3) is 4.14. The third-order valence-corrected chi connectivity index (χ3v) is 5.22. The van der Waals surface area contributed by atoms with E-state index in [2.05, 4.69) is 4.98 Å². The summed E-state index contributed by atoms with van der Waals surface area (Å²) in [6.45, 7) is 2.30. The maximum atomic E-state index is 13.6. The molecule has 1 atom stereocenters. The van der Waals surface area contributed by atoms with Crippen LogP contribution in [0, 0.1) is 5.82 Å². The monoisotopic (exact) mass is 388 g/mol. The van der Waals surface area contributed by atoms with E-state index in [1.807, 2.05) is 25.1 Å². The highest BCUT2D eigenvalue weighted by Gasteiger charge is 2.17. The van der Waals surface area contributed by atoms with Gasteiger partial charge in [-0.25, -0.2) is 9.37 Å². The van der Waals surface area contributed by atoms with Gasteiger partial charge in [0.15, 0.2) is 5.16 Å². The van der Waals surface area contributed by atoms with Crippen molar-refractivity contribution in [2.24, 2.45) is 0 Å². The van der Waals surface area contributed by atoms with Crippen LogP contribution in [0.1, 0.15) is 18.5 Å². The number of aromatic nitrogens is 2. The molecule has 3 aromatic rings. The molecule has 142 valence electrons. The van der Waals surface area contributed by atoms with Gasteiger partial charge in [-0.2, -0.15) is 0 Å². The molecule has 1 heterocycles. The third-order valence-electron chi connectivity index (χ3n) is 4.22.